The fourth-order valence-corrected chi connectivity index (χ4v) is 8.20. The Labute approximate surface area is 462 Å². The first-order chi connectivity index (χ1) is 37.0. The molecule has 0 N–H and O–H groups in total. The molecule has 1 atom stereocenters. The molecule has 0 aliphatic carbocycles. The number of unbranched alkanes of at least 4 members (excludes halogenated alkanes) is 24. The number of esters is 3. The van der Waals surface area contributed by atoms with Crippen LogP contribution in [0.1, 0.15) is 278 Å². The van der Waals surface area contributed by atoms with Gasteiger partial charge >= 0.3 is 17.9 Å². The number of ether oxygens (including phenoxy) is 3. The quantitative estimate of drug-likeness (QED) is 0.0261. The summed E-state index contributed by atoms with van der Waals surface area (Å²) in [4.78, 5) is 38.3. The molecule has 0 fully saturated rings. The van der Waals surface area contributed by atoms with E-state index in [0.29, 0.717) is 12.8 Å². The summed E-state index contributed by atoms with van der Waals surface area (Å²) in [6.07, 6.45) is 86.1. The van der Waals surface area contributed by atoms with Crippen molar-refractivity contribution in [3.05, 3.63) is 122 Å². The topological polar surface area (TPSA) is 78.9 Å². The molecular weight excluding hydrogens is 925 g/mol. The predicted molar refractivity (Wildman–Crippen MR) is 325 cm³/mol. The van der Waals surface area contributed by atoms with Crippen LogP contribution in [0.2, 0.25) is 0 Å². The van der Waals surface area contributed by atoms with E-state index in [2.05, 4.69) is 142 Å². The Hall–Kier alpha value is -4.19. The maximum atomic E-state index is 12.9. The lowest BCUT2D eigenvalue weighted by Gasteiger charge is -2.18. The first kappa shape index (κ1) is 70.8. The summed E-state index contributed by atoms with van der Waals surface area (Å²) < 4.78 is 16.9. The second-order valence-electron chi connectivity index (χ2n) is 20.2. The van der Waals surface area contributed by atoms with Crippen LogP contribution in [0, 0.1) is 0 Å². The lowest BCUT2D eigenvalue weighted by atomic mass is 10.1. The second-order valence-corrected chi connectivity index (χ2v) is 20.2. The number of hydrogen-bond acceptors (Lipinski definition) is 6. The highest BCUT2D eigenvalue weighted by Gasteiger charge is 2.19. The zero-order chi connectivity index (χ0) is 54.3. The van der Waals surface area contributed by atoms with E-state index < -0.39 is 6.10 Å². The van der Waals surface area contributed by atoms with Gasteiger partial charge in [0.05, 0.1) is 0 Å². The number of hydrogen-bond donors (Lipinski definition) is 0. The fourth-order valence-electron chi connectivity index (χ4n) is 8.20. The molecule has 0 heterocycles. The summed E-state index contributed by atoms with van der Waals surface area (Å²) in [5.41, 5.74) is 0. The van der Waals surface area contributed by atoms with Crippen LogP contribution in [0.3, 0.4) is 0 Å². The molecule has 6 nitrogen and oxygen atoms in total. The Kier molecular flexibility index (Phi) is 58.9. The molecule has 0 aromatic carbocycles. The number of allylic oxidation sites excluding steroid dienone is 20. The summed E-state index contributed by atoms with van der Waals surface area (Å²) >= 11 is 0. The normalized spacial score (nSPS) is 12.9. The van der Waals surface area contributed by atoms with E-state index in [4.69, 9.17) is 14.2 Å². The molecule has 0 rings (SSSR count). The Bertz CT molecular complexity index is 1570. The van der Waals surface area contributed by atoms with E-state index in [1.807, 2.05) is 0 Å². The average molecular weight is 1040 g/mol. The van der Waals surface area contributed by atoms with Crippen LogP contribution < -0.4 is 0 Å². The van der Waals surface area contributed by atoms with E-state index in [9.17, 15) is 14.4 Å². The zero-order valence-corrected chi connectivity index (χ0v) is 48.8. The standard InChI is InChI=1S/C69H114O6/c1-4-7-10-13-16-19-22-25-28-31-34-37-40-43-46-49-52-55-58-61-67(70)73-64-66(75-69(72)63-60-57-54-51-48-45-42-39-36-33-30-27-24-21-18-15-12-9-6-3)65-74-68(71)62-59-56-53-50-47-44-41-38-35-32-29-26-23-20-17-14-11-8-5-2/h16-21,25-30,34,36-37,39,43,45-46,48,66H,4-15,22-24,31-33,35,38,40-42,44,47,49-65H2,1-3H3/b19-16-,20-17-,21-18-,28-25-,29-26-,30-27-,37-34-,39-36-,46-43-,48-45-/t66-/m1/s1. The Morgan fingerprint density at radius 2 is 0.480 bits per heavy atom. The third-order valence-electron chi connectivity index (χ3n) is 12.9. The second kappa shape index (κ2) is 62.4. The molecule has 0 aromatic rings. The van der Waals surface area contributed by atoms with Crippen LogP contribution in [-0.2, 0) is 28.6 Å². The van der Waals surface area contributed by atoms with Crippen molar-refractivity contribution in [3.63, 3.8) is 0 Å². The highest BCUT2D eigenvalue weighted by molar-refractivity contribution is 5.71. The monoisotopic (exact) mass is 1040 g/mol. The van der Waals surface area contributed by atoms with Crippen molar-refractivity contribution in [2.75, 3.05) is 13.2 Å². The average Bonchev–Trinajstić information content (AvgIpc) is 3.41. The first-order valence-electron chi connectivity index (χ1n) is 31.0. The van der Waals surface area contributed by atoms with E-state index in [0.717, 1.165) is 116 Å². The minimum absolute atomic E-state index is 0.106. The summed E-state index contributed by atoms with van der Waals surface area (Å²) in [5.74, 6) is -0.971. The minimum atomic E-state index is -0.815. The summed E-state index contributed by atoms with van der Waals surface area (Å²) in [6.45, 7) is 6.51. The molecule has 6 heteroatoms. The highest BCUT2D eigenvalue weighted by atomic mass is 16.6. The summed E-state index contributed by atoms with van der Waals surface area (Å²) in [7, 11) is 0. The largest absolute Gasteiger partial charge is 0.462 e. The van der Waals surface area contributed by atoms with Crippen LogP contribution in [0.15, 0.2) is 122 Å². The summed E-state index contributed by atoms with van der Waals surface area (Å²) in [6, 6.07) is 0. The van der Waals surface area contributed by atoms with E-state index in [1.165, 1.54) is 122 Å². The highest BCUT2D eigenvalue weighted by Crippen LogP contribution is 2.14. The van der Waals surface area contributed by atoms with Crippen LogP contribution in [0.5, 0.6) is 0 Å². The lowest BCUT2D eigenvalue weighted by molar-refractivity contribution is -0.167. The van der Waals surface area contributed by atoms with E-state index in [1.54, 1.807) is 0 Å². The van der Waals surface area contributed by atoms with Crippen LogP contribution >= 0.6 is 0 Å². The predicted octanol–water partition coefficient (Wildman–Crippen LogP) is 21.2. The van der Waals surface area contributed by atoms with Crippen molar-refractivity contribution in [2.24, 2.45) is 0 Å². The Balaban J connectivity index is 4.53. The zero-order valence-electron chi connectivity index (χ0n) is 48.8. The fraction of sp³-hybridized carbons (Fsp3) is 0.667. The maximum absolute atomic E-state index is 12.9. The molecule has 0 saturated heterocycles. The smallest absolute Gasteiger partial charge is 0.306 e. The van der Waals surface area contributed by atoms with Gasteiger partial charge < -0.3 is 14.2 Å². The van der Waals surface area contributed by atoms with Gasteiger partial charge in [-0.05, 0) is 141 Å². The van der Waals surface area contributed by atoms with Gasteiger partial charge in [-0.3, -0.25) is 14.4 Å². The van der Waals surface area contributed by atoms with Gasteiger partial charge in [-0.2, -0.15) is 0 Å². The molecule has 0 aromatic heterocycles. The number of rotatable bonds is 55. The van der Waals surface area contributed by atoms with Crippen LogP contribution in [0.25, 0.3) is 0 Å². The molecule has 0 unspecified atom stereocenters. The van der Waals surface area contributed by atoms with Gasteiger partial charge in [0.1, 0.15) is 13.2 Å². The van der Waals surface area contributed by atoms with Crippen molar-refractivity contribution in [2.45, 2.75) is 284 Å². The van der Waals surface area contributed by atoms with Gasteiger partial charge in [0.25, 0.3) is 0 Å². The van der Waals surface area contributed by atoms with Crippen LogP contribution in [-0.4, -0.2) is 37.2 Å². The lowest BCUT2D eigenvalue weighted by Crippen LogP contribution is -2.30. The summed E-state index contributed by atoms with van der Waals surface area (Å²) in [5, 5.41) is 0. The third-order valence-corrected chi connectivity index (χ3v) is 12.9. The van der Waals surface area contributed by atoms with Gasteiger partial charge in [0, 0.05) is 19.3 Å². The van der Waals surface area contributed by atoms with Crippen molar-refractivity contribution in [1.29, 1.82) is 0 Å². The van der Waals surface area contributed by atoms with E-state index >= 15 is 0 Å². The maximum Gasteiger partial charge on any atom is 0.306 e. The molecule has 0 spiro atoms. The van der Waals surface area contributed by atoms with Gasteiger partial charge in [0.15, 0.2) is 6.10 Å². The molecule has 0 aliphatic rings. The van der Waals surface area contributed by atoms with Crippen molar-refractivity contribution in [3.8, 4) is 0 Å². The van der Waals surface area contributed by atoms with Crippen molar-refractivity contribution in [1.82, 2.24) is 0 Å². The van der Waals surface area contributed by atoms with E-state index in [-0.39, 0.29) is 37.5 Å². The molecule has 0 amide bonds. The van der Waals surface area contributed by atoms with Gasteiger partial charge in [-0.25, -0.2) is 0 Å². The first-order valence-corrected chi connectivity index (χ1v) is 31.0. The molecular formula is C69H114O6. The SMILES string of the molecule is CCCCC/C=C\C/C=C\C/C=C\C/C=C\CCCCCC(=O)OC[C@H](COC(=O)CCCCCCCCCCC/C=C\C/C=C\CCCCC)OC(=O)CCCCC/C=C\C/C=C\C/C=C\C/C=C\CCCCC. The Morgan fingerprint density at radius 1 is 0.267 bits per heavy atom. The number of carbonyl (C=O) groups is 3. The molecule has 0 saturated carbocycles. The number of carbonyl (C=O) groups excluding carboxylic acids is 3. The van der Waals surface area contributed by atoms with Gasteiger partial charge in [-0.1, -0.05) is 239 Å². The third kappa shape index (κ3) is 60.6. The van der Waals surface area contributed by atoms with Crippen molar-refractivity contribution >= 4 is 17.9 Å². The molecule has 426 valence electrons. The Morgan fingerprint density at radius 3 is 0.760 bits per heavy atom. The molecule has 75 heavy (non-hydrogen) atoms. The van der Waals surface area contributed by atoms with Gasteiger partial charge in [0.2, 0.25) is 0 Å². The minimum Gasteiger partial charge on any atom is -0.462 e. The molecule has 0 bridgehead atoms. The van der Waals surface area contributed by atoms with Crippen molar-refractivity contribution < 1.29 is 28.6 Å². The van der Waals surface area contributed by atoms with Crippen LogP contribution in [0.4, 0.5) is 0 Å². The molecule has 0 aliphatic heterocycles. The van der Waals surface area contributed by atoms with Gasteiger partial charge in [-0.15, -0.1) is 0 Å². The molecule has 0 radical (unpaired) electrons.